The summed E-state index contributed by atoms with van der Waals surface area (Å²) in [5.41, 5.74) is 1.17. The minimum atomic E-state index is -0.302. The van der Waals surface area contributed by atoms with E-state index in [-0.39, 0.29) is 11.7 Å². The van der Waals surface area contributed by atoms with E-state index in [9.17, 15) is 4.79 Å². The highest BCUT2D eigenvalue weighted by Gasteiger charge is 2.08. The first kappa shape index (κ1) is 18.8. The molecule has 5 nitrogen and oxygen atoms in total. The van der Waals surface area contributed by atoms with Gasteiger partial charge in [0.1, 0.15) is 11.0 Å². The lowest BCUT2D eigenvalue weighted by Gasteiger charge is -2.08. The molecule has 0 unspecified atom stereocenters. The Balaban J connectivity index is 1.88. The number of hydrogen-bond donors (Lipinski definition) is 1. The summed E-state index contributed by atoms with van der Waals surface area (Å²) in [6.45, 7) is 2.81. The second-order valence-corrected chi connectivity index (χ2v) is 6.52. The zero-order chi connectivity index (χ0) is 17.4. The lowest BCUT2D eigenvalue weighted by atomic mass is 10.1. The average Bonchev–Trinajstić information content (AvgIpc) is 2.55. The first-order valence-corrected chi connectivity index (χ1v) is 9.12. The summed E-state index contributed by atoms with van der Waals surface area (Å²) in [5.74, 6) is 0.469. The number of anilines is 1. The zero-order valence-electron chi connectivity index (χ0n) is 13.1. The van der Waals surface area contributed by atoms with Gasteiger partial charge in [-0.3, -0.25) is 4.79 Å². The van der Waals surface area contributed by atoms with E-state index in [1.165, 1.54) is 17.3 Å². The molecule has 0 aliphatic carbocycles. The number of thioether (sulfide) groups is 1. The SMILES string of the molecule is CCOC(=O)CSc1nc(Cl)cc(NCCc2ccc(Cl)cc2)n1. The maximum Gasteiger partial charge on any atom is 0.316 e. The maximum absolute atomic E-state index is 11.4. The Morgan fingerprint density at radius 3 is 2.71 bits per heavy atom. The molecule has 0 spiro atoms. The number of carbonyl (C=O) groups excluding carboxylic acids is 1. The number of benzene rings is 1. The second kappa shape index (κ2) is 9.71. The van der Waals surface area contributed by atoms with Gasteiger partial charge in [0.15, 0.2) is 5.16 Å². The molecule has 8 heteroatoms. The van der Waals surface area contributed by atoms with Crippen LogP contribution in [0.2, 0.25) is 10.2 Å². The van der Waals surface area contributed by atoms with Crippen molar-refractivity contribution in [2.45, 2.75) is 18.5 Å². The van der Waals surface area contributed by atoms with Crippen LogP contribution in [-0.4, -0.2) is 34.8 Å². The smallest absolute Gasteiger partial charge is 0.316 e. The van der Waals surface area contributed by atoms with Gasteiger partial charge in [-0.1, -0.05) is 47.1 Å². The van der Waals surface area contributed by atoms with Crippen LogP contribution in [0, 0.1) is 0 Å². The van der Waals surface area contributed by atoms with Crippen molar-refractivity contribution < 1.29 is 9.53 Å². The van der Waals surface area contributed by atoms with E-state index in [4.69, 9.17) is 27.9 Å². The molecule has 1 heterocycles. The Kier molecular flexibility index (Phi) is 7.62. The van der Waals surface area contributed by atoms with Gasteiger partial charge in [0, 0.05) is 17.6 Å². The highest BCUT2D eigenvalue weighted by molar-refractivity contribution is 7.99. The predicted molar refractivity (Wildman–Crippen MR) is 98.0 cm³/mol. The van der Waals surface area contributed by atoms with Crippen LogP contribution in [0.4, 0.5) is 5.82 Å². The summed E-state index contributed by atoms with van der Waals surface area (Å²) < 4.78 is 4.87. The summed E-state index contributed by atoms with van der Waals surface area (Å²) in [4.78, 5) is 19.8. The van der Waals surface area contributed by atoms with Gasteiger partial charge in [0.05, 0.1) is 12.4 Å². The molecule has 1 aromatic carbocycles. The van der Waals surface area contributed by atoms with Crippen molar-refractivity contribution in [3.05, 3.63) is 46.1 Å². The number of hydrogen-bond acceptors (Lipinski definition) is 6. The van der Waals surface area contributed by atoms with E-state index in [1.54, 1.807) is 13.0 Å². The van der Waals surface area contributed by atoms with Crippen molar-refractivity contribution in [3.8, 4) is 0 Å². The number of nitrogens with zero attached hydrogens (tertiary/aromatic N) is 2. The molecule has 0 fully saturated rings. The van der Waals surface area contributed by atoms with Crippen molar-refractivity contribution in [1.29, 1.82) is 0 Å². The molecule has 0 saturated carbocycles. The van der Waals surface area contributed by atoms with Crippen LogP contribution in [0.5, 0.6) is 0 Å². The van der Waals surface area contributed by atoms with Crippen molar-refractivity contribution >= 4 is 46.8 Å². The number of ether oxygens (including phenoxy) is 1. The molecule has 0 saturated heterocycles. The standard InChI is InChI=1S/C16H17Cl2N3O2S/c1-2-23-15(22)10-24-16-20-13(18)9-14(21-16)19-8-7-11-3-5-12(17)6-4-11/h3-6,9H,2,7-8,10H2,1H3,(H,19,20,21). The highest BCUT2D eigenvalue weighted by Crippen LogP contribution is 2.19. The van der Waals surface area contributed by atoms with E-state index < -0.39 is 0 Å². The van der Waals surface area contributed by atoms with Gasteiger partial charge in [-0.15, -0.1) is 0 Å². The van der Waals surface area contributed by atoms with Crippen LogP contribution < -0.4 is 5.32 Å². The molecule has 1 N–H and O–H groups in total. The summed E-state index contributed by atoms with van der Waals surface area (Å²) in [7, 11) is 0. The third-order valence-corrected chi connectivity index (χ3v) is 4.20. The monoisotopic (exact) mass is 385 g/mol. The van der Waals surface area contributed by atoms with Crippen molar-refractivity contribution in [2.75, 3.05) is 24.2 Å². The Labute approximate surface area is 155 Å². The van der Waals surface area contributed by atoms with Crippen LogP contribution in [0.25, 0.3) is 0 Å². The number of nitrogens with one attached hydrogen (secondary N) is 1. The Morgan fingerprint density at radius 2 is 2.00 bits per heavy atom. The van der Waals surface area contributed by atoms with Gasteiger partial charge >= 0.3 is 5.97 Å². The third kappa shape index (κ3) is 6.55. The topological polar surface area (TPSA) is 64.1 Å². The summed E-state index contributed by atoms with van der Waals surface area (Å²) >= 11 is 13.1. The van der Waals surface area contributed by atoms with Crippen molar-refractivity contribution in [1.82, 2.24) is 9.97 Å². The molecule has 128 valence electrons. The lowest BCUT2D eigenvalue weighted by molar-refractivity contribution is -0.139. The summed E-state index contributed by atoms with van der Waals surface area (Å²) in [6, 6.07) is 9.35. The zero-order valence-corrected chi connectivity index (χ0v) is 15.4. The van der Waals surface area contributed by atoms with Crippen LogP contribution in [0.3, 0.4) is 0 Å². The molecule has 1 aromatic heterocycles. The highest BCUT2D eigenvalue weighted by atomic mass is 35.5. The van der Waals surface area contributed by atoms with Gasteiger partial charge in [-0.2, -0.15) is 0 Å². The Bertz CT molecular complexity index is 684. The second-order valence-electron chi connectivity index (χ2n) is 4.76. The van der Waals surface area contributed by atoms with Gasteiger partial charge in [-0.25, -0.2) is 9.97 Å². The fourth-order valence-electron chi connectivity index (χ4n) is 1.86. The van der Waals surface area contributed by atoms with Crippen LogP contribution in [0.15, 0.2) is 35.5 Å². The molecular weight excluding hydrogens is 369 g/mol. The average molecular weight is 386 g/mol. The van der Waals surface area contributed by atoms with Gasteiger partial charge < -0.3 is 10.1 Å². The lowest BCUT2D eigenvalue weighted by Crippen LogP contribution is -2.09. The molecule has 0 amide bonds. The minimum absolute atomic E-state index is 0.151. The van der Waals surface area contributed by atoms with Crippen molar-refractivity contribution in [2.24, 2.45) is 0 Å². The number of rotatable bonds is 8. The molecule has 24 heavy (non-hydrogen) atoms. The van der Waals surface area contributed by atoms with Crippen LogP contribution in [-0.2, 0) is 16.0 Å². The van der Waals surface area contributed by atoms with Gasteiger partial charge in [0.25, 0.3) is 0 Å². The third-order valence-electron chi connectivity index (χ3n) is 2.93. The minimum Gasteiger partial charge on any atom is -0.465 e. The van der Waals surface area contributed by atoms with E-state index in [1.807, 2.05) is 24.3 Å². The molecule has 0 radical (unpaired) electrons. The summed E-state index contributed by atoms with van der Waals surface area (Å²) in [5, 5.41) is 4.68. The number of esters is 1. The molecule has 2 aromatic rings. The van der Waals surface area contributed by atoms with E-state index in [2.05, 4.69) is 15.3 Å². The van der Waals surface area contributed by atoms with E-state index in [0.29, 0.717) is 29.3 Å². The maximum atomic E-state index is 11.4. The normalized spacial score (nSPS) is 10.5. The van der Waals surface area contributed by atoms with Crippen LogP contribution in [0.1, 0.15) is 12.5 Å². The van der Waals surface area contributed by atoms with Gasteiger partial charge in [-0.05, 0) is 31.0 Å². The molecular formula is C16H17Cl2N3O2S. The van der Waals surface area contributed by atoms with Crippen molar-refractivity contribution in [3.63, 3.8) is 0 Å². The first-order valence-electron chi connectivity index (χ1n) is 7.38. The Morgan fingerprint density at radius 1 is 1.25 bits per heavy atom. The summed E-state index contributed by atoms with van der Waals surface area (Å²) in [6.07, 6.45) is 0.824. The number of aromatic nitrogens is 2. The van der Waals surface area contributed by atoms with Crippen LogP contribution >= 0.6 is 35.0 Å². The first-order chi connectivity index (χ1) is 11.6. The molecule has 0 aliphatic rings. The molecule has 2 rings (SSSR count). The van der Waals surface area contributed by atoms with Gasteiger partial charge in [0.2, 0.25) is 0 Å². The quantitative estimate of drug-likeness (QED) is 0.319. The Hall–Kier alpha value is -1.50. The van der Waals surface area contributed by atoms with E-state index >= 15 is 0 Å². The largest absolute Gasteiger partial charge is 0.465 e. The molecule has 0 aliphatic heterocycles. The molecule has 0 atom stereocenters. The predicted octanol–water partition coefficient (Wildman–Crippen LogP) is 4.09. The molecule has 0 bridgehead atoms. The fraction of sp³-hybridized carbons (Fsp3) is 0.312. The van der Waals surface area contributed by atoms with E-state index in [0.717, 1.165) is 11.4 Å². The number of carbonyl (C=O) groups is 1. The fourth-order valence-corrected chi connectivity index (χ4v) is 2.88. The number of halogens is 2.